The minimum atomic E-state index is 0.656. The summed E-state index contributed by atoms with van der Waals surface area (Å²) in [5, 5.41) is 6.84. The summed E-state index contributed by atoms with van der Waals surface area (Å²) in [7, 11) is 0. The van der Waals surface area contributed by atoms with Crippen LogP contribution >= 0.6 is 11.3 Å². The SMILES string of the molecule is c1ccc(-c2ccc(-c3cc(-c4ccccc4)nc(-c4ccc5cc(-c6ccc(N(c7ccccc7)c7ccc8c(c7)sc7ccccc78)cc6)c6c7ccccc7oc6c5c4)n3)cc2)cc1. The zero-order valence-electron chi connectivity index (χ0n) is 36.2. The van der Waals surface area contributed by atoms with Crippen molar-refractivity contribution in [1.82, 2.24) is 9.97 Å². The summed E-state index contributed by atoms with van der Waals surface area (Å²) < 4.78 is 9.41. The van der Waals surface area contributed by atoms with E-state index >= 15 is 0 Å². The van der Waals surface area contributed by atoms with Gasteiger partial charge in [-0.25, -0.2) is 9.97 Å². The Balaban J connectivity index is 0.922. The zero-order valence-corrected chi connectivity index (χ0v) is 37.0. The molecular formula is C62H39N3OS. The first-order chi connectivity index (χ1) is 33.2. The normalized spacial score (nSPS) is 11.6. The molecule has 0 N–H and O–H groups in total. The lowest BCUT2D eigenvalue weighted by molar-refractivity contribution is 0.673. The van der Waals surface area contributed by atoms with E-state index in [-0.39, 0.29) is 0 Å². The van der Waals surface area contributed by atoms with Crippen molar-refractivity contribution in [1.29, 1.82) is 0 Å². The number of hydrogen-bond donors (Lipinski definition) is 0. The van der Waals surface area contributed by atoms with Gasteiger partial charge in [0.2, 0.25) is 0 Å². The zero-order chi connectivity index (χ0) is 44.3. The second-order valence-electron chi connectivity index (χ2n) is 16.9. The van der Waals surface area contributed by atoms with Crippen LogP contribution in [0.15, 0.2) is 241 Å². The van der Waals surface area contributed by atoms with Crippen LogP contribution in [-0.2, 0) is 0 Å². The van der Waals surface area contributed by atoms with Crippen LogP contribution in [-0.4, -0.2) is 9.97 Å². The number of furan rings is 1. The van der Waals surface area contributed by atoms with Crippen LogP contribution in [0.25, 0.3) is 109 Å². The van der Waals surface area contributed by atoms with E-state index in [0.717, 1.165) is 94.5 Å². The number of fused-ring (bicyclic) bond motifs is 8. The standard InChI is InChI=1S/C62H39N3OS/c1-4-14-40(15-5-1)41-24-26-44(27-25-41)56-39-55(43-16-6-2-7-17-43)63-62(64-56)46-29-28-45-36-53(60-52-21-10-12-22-57(52)66-61(60)54(45)37-46)42-30-32-48(33-31-42)65(47-18-8-3-9-19-47)49-34-35-51-50-20-11-13-23-58(50)67-59(51)38-49/h1-39H. The lowest BCUT2D eigenvalue weighted by Crippen LogP contribution is -2.09. The maximum atomic E-state index is 6.84. The number of aromatic nitrogens is 2. The molecule has 0 radical (unpaired) electrons. The van der Waals surface area contributed by atoms with Crippen molar-refractivity contribution in [3.63, 3.8) is 0 Å². The van der Waals surface area contributed by atoms with E-state index in [4.69, 9.17) is 14.4 Å². The molecule has 5 heteroatoms. The maximum absolute atomic E-state index is 6.84. The molecular weight excluding hydrogens is 835 g/mol. The summed E-state index contributed by atoms with van der Waals surface area (Å²) in [5.41, 5.74) is 14.3. The van der Waals surface area contributed by atoms with Crippen molar-refractivity contribution < 1.29 is 4.42 Å². The highest BCUT2D eigenvalue weighted by molar-refractivity contribution is 7.25. The number of hydrogen-bond acceptors (Lipinski definition) is 5. The van der Waals surface area contributed by atoms with Crippen LogP contribution in [0, 0.1) is 0 Å². The Morgan fingerprint density at radius 1 is 0.358 bits per heavy atom. The molecule has 3 heterocycles. The molecule has 0 amide bonds. The number of anilines is 3. The number of benzene rings is 10. The number of rotatable bonds is 8. The van der Waals surface area contributed by atoms with Crippen molar-refractivity contribution in [3.05, 3.63) is 237 Å². The molecule has 10 aromatic carbocycles. The molecule has 0 aliphatic heterocycles. The van der Waals surface area contributed by atoms with Gasteiger partial charge in [0.1, 0.15) is 11.2 Å². The van der Waals surface area contributed by atoms with E-state index in [0.29, 0.717) is 5.82 Å². The molecule has 13 rings (SSSR count). The van der Waals surface area contributed by atoms with Crippen molar-refractivity contribution in [2.75, 3.05) is 4.90 Å². The van der Waals surface area contributed by atoms with E-state index in [9.17, 15) is 0 Å². The van der Waals surface area contributed by atoms with Crippen LogP contribution < -0.4 is 4.90 Å². The molecule has 0 unspecified atom stereocenters. The Bertz CT molecular complexity index is 3960. The van der Waals surface area contributed by atoms with E-state index in [1.807, 2.05) is 29.5 Å². The highest BCUT2D eigenvalue weighted by Crippen LogP contribution is 2.45. The first-order valence-corrected chi connectivity index (χ1v) is 23.4. The number of para-hydroxylation sites is 2. The topological polar surface area (TPSA) is 42.2 Å². The van der Waals surface area contributed by atoms with Crippen molar-refractivity contribution in [2.45, 2.75) is 0 Å². The van der Waals surface area contributed by atoms with Gasteiger partial charge in [0.25, 0.3) is 0 Å². The molecule has 0 spiro atoms. The van der Waals surface area contributed by atoms with Gasteiger partial charge < -0.3 is 9.32 Å². The quantitative estimate of drug-likeness (QED) is 0.153. The Morgan fingerprint density at radius 2 is 0.910 bits per heavy atom. The van der Waals surface area contributed by atoms with Crippen molar-refractivity contribution in [2.24, 2.45) is 0 Å². The molecule has 4 nitrogen and oxygen atoms in total. The van der Waals surface area contributed by atoms with Crippen LogP contribution in [0.1, 0.15) is 0 Å². The van der Waals surface area contributed by atoms with Crippen LogP contribution in [0.3, 0.4) is 0 Å². The fourth-order valence-corrected chi connectivity index (χ4v) is 10.7. The smallest absolute Gasteiger partial charge is 0.160 e. The fourth-order valence-electron chi connectivity index (χ4n) is 9.59. The van der Waals surface area contributed by atoms with Crippen LogP contribution in [0.5, 0.6) is 0 Å². The first kappa shape index (κ1) is 38.8. The van der Waals surface area contributed by atoms with Gasteiger partial charge in [-0.05, 0) is 94.4 Å². The Kier molecular flexibility index (Phi) is 9.32. The number of thiophene rings is 1. The molecule has 0 aliphatic carbocycles. The molecule has 0 bridgehead atoms. The predicted molar refractivity (Wildman–Crippen MR) is 282 cm³/mol. The van der Waals surface area contributed by atoms with Gasteiger partial charge in [-0.2, -0.15) is 0 Å². The first-order valence-electron chi connectivity index (χ1n) is 22.5. The summed E-state index contributed by atoms with van der Waals surface area (Å²) in [4.78, 5) is 12.8. The van der Waals surface area contributed by atoms with E-state index in [1.54, 1.807) is 0 Å². The lowest BCUT2D eigenvalue weighted by Gasteiger charge is -2.25. The van der Waals surface area contributed by atoms with Crippen LogP contribution in [0.4, 0.5) is 17.1 Å². The van der Waals surface area contributed by atoms with Gasteiger partial charge in [-0.15, -0.1) is 11.3 Å². The Hall–Kier alpha value is -8.64. The van der Waals surface area contributed by atoms with Gasteiger partial charge in [0.05, 0.1) is 11.4 Å². The third-order valence-corrected chi connectivity index (χ3v) is 14.0. The van der Waals surface area contributed by atoms with E-state index < -0.39 is 0 Å². The predicted octanol–water partition coefficient (Wildman–Crippen LogP) is 17.7. The minimum absolute atomic E-state index is 0.656. The molecule has 0 fully saturated rings. The summed E-state index contributed by atoms with van der Waals surface area (Å²) in [5.74, 6) is 0.656. The second kappa shape index (κ2) is 16.1. The highest BCUT2D eigenvalue weighted by atomic mass is 32.1. The molecule has 0 saturated carbocycles. The molecule has 0 saturated heterocycles. The third kappa shape index (κ3) is 6.92. The molecule has 314 valence electrons. The summed E-state index contributed by atoms with van der Waals surface area (Å²) in [6.45, 7) is 0. The Labute approximate surface area is 391 Å². The van der Waals surface area contributed by atoms with Gasteiger partial charge in [0.15, 0.2) is 5.82 Å². The van der Waals surface area contributed by atoms with Gasteiger partial charge in [-0.3, -0.25) is 0 Å². The van der Waals surface area contributed by atoms with Crippen LogP contribution in [0.2, 0.25) is 0 Å². The highest BCUT2D eigenvalue weighted by Gasteiger charge is 2.20. The van der Waals surface area contributed by atoms with Crippen molar-refractivity contribution in [3.8, 4) is 56.2 Å². The van der Waals surface area contributed by atoms with Crippen molar-refractivity contribution >= 4 is 81.3 Å². The van der Waals surface area contributed by atoms with Gasteiger partial charge >= 0.3 is 0 Å². The lowest BCUT2D eigenvalue weighted by atomic mass is 9.94. The molecule has 13 aromatic rings. The molecule has 0 aliphatic rings. The summed E-state index contributed by atoms with van der Waals surface area (Å²) in [6, 6.07) is 83.8. The van der Waals surface area contributed by atoms with Gasteiger partial charge in [0, 0.05) is 70.1 Å². The maximum Gasteiger partial charge on any atom is 0.160 e. The third-order valence-electron chi connectivity index (χ3n) is 12.9. The average Bonchev–Trinajstić information content (AvgIpc) is 3.98. The number of nitrogens with zero attached hydrogens (tertiary/aromatic N) is 3. The second-order valence-corrected chi connectivity index (χ2v) is 18.0. The van der Waals surface area contributed by atoms with E-state index in [2.05, 4.69) is 223 Å². The van der Waals surface area contributed by atoms with Gasteiger partial charge in [-0.1, -0.05) is 170 Å². The average molecular weight is 874 g/mol. The summed E-state index contributed by atoms with van der Waals surface area (Å²) >= 11 is 1.84. The largest absolute Gasteiger partial charge is 0.455 e. The summed E-state index contributed by atoms with van der Waals surface area (Å²) in [6.07, 6.45) is 0. The fraction of sp³-hybridized carbons (Fsp3) is 0. The minimum Gasteiger partial charge on any atom is -0.455 e. The monoisotopic (exact) mass is 873 g/mol. The van der Waals surface area contributed by atoms with E-state index in [1.165, 1.54) is 25.7 Å². The molecule has 0 atom stereocenters. The molecule has 3 aromatic heterocycles. The molecule has 67 heavy (non-hydrogen) atoms. The Morgan fingerprint density at radius 3 is 1.67 bits per heavy atom.